The summed E-state index contributed by atoms with van der Waals surface area (Å²) in [7, 11) is 1.34. The number of methoxy groups -OCH3 is 1. The molecule has 6 nitrogen and oxygen atoms in total. The molecular weight excluding hydrogens is 252 g/mol. The van der Waals surface area contributed by atoms with Crippen LogP contribution in [0.3, 0.4) is 0 Å². The Morgan fingerprint density at radius 1 is 1.37 bits per heavy atom. The van der Waals surface area contributed by atoms with Crippen LogP contribution >= 0.6 is 0 Å². The standard InChI is InChI=1S/C13H16O6/c1-16-11(15)12-3-2-10(14)19-9(12)8-13(5-4-12)17-6-7-18-13/h2-3,9H,4-8H2,1H3/t9-,12-/m0/s1. The first-order valence-corrected chi connectivity index (χ1v) is 6.36. The molecule has 1 saturated heterocycles. The lowest BCUT2D eigenvalue weighted by atomic mass is 9.68. The molecule has 0 bridgehead atoms. The van der Waals surface area contributed by atoms with E-state index in [9.17, 15) is 9.59 Å². The van der Waals surface area contributed by atoms with Crippen LogP contribution in [0.4, 0.5) is 0 Å². The fourth-order valence-electron chi connectivity index (χ4n) is 3.11. The lowest BCUT2D eigenvalue weighted by molar-refractivity contribution is -0.226. The highest BCUT2D eigenvalue weighted by molar-refractivity contribution is 5.89. The first-order valence-electron chi connectivity index (χ1n) is 6.36. The van der Waals surface area contributed by atoms with Crippen molar-refractivity contribution in [2.45, 2.75) is 31.2 Å². The molecule has 0 N–H and O–H groups in total. The van der Waals surface area contributed by atoms with Crippen LogP contribution in [0, 0.1) is 5.41 Å². The van der Waals surface area contributed by atoms with Crippen LogP contribution < -0.4 is 0 Å². The minimum Gasteiger partial charge on any atom is -0.468 e. The summed E-state index contributed by atoms with van der Waals surface area (Å²) in [5.74, 6) is -1.54. The van der Waals surface area contributed by atoms with Gasteiger partial charge in [0.05, 0.1) is 20.3 Å². The SMILES string of the molecule is COC(=O)[C@]12C=CC(=O)O[C@H]1CC1(CC2)OCCO1. The summed E-state index contributed by atoms with van der Waals surface area (Å²) in [4.78, 5) is 23.5. The molecule has 19 heavy (non-hydrogen) atoms. The Kier molecular flexibility index (Phi) is 2.87. The zero-order valence-electron chi connectivity index (χ0n) is 10.7. The highest BCUT2D eigenvalue weighted by Crippen LogP contribution is 2.49. The molecule has 2 atom stereocenters. The molecule has 0 aromatic carbocycles. The van der Waals surface area contributed by atoms with Crippen LogP contribution in [0.25, 0.3) is 0 Å². The van der Waals surface area contributed by atoms with Gasteiger partial charge in [0.15, 0.2) is 5.79 Å². The van der Waals surface area contributed by atoms with E-state index in [4.69, 9.17) is 18.9 Å². The van der Waals surface area contributed by atoms with Gasteiger partial charge in [-0.1, -0.05) is 6.08 Å². The van der Waals surface area contributed by atoms with Crippen molar-refractivity contribution in [1.29, 1.82) is 0 Å². The van der Waals surface area contributed by atoms with E-state index in [1.54, 1.807) is 6.08 Å². The average molecular weight is 268 g/mol. The molecule has 104 valence electrons. The van der Waals surface area contributed by atoms with E-state index in [0.717, 1.165) is 0 Å². The number of ether oxygens (including phenoxy) is 4. The molecule has 2 aliphatic heterocycles. The fourth-order valence-corrected chi connectivity index (χ4v) is 3.11. The Morgan fingerprint density at radius 3 is 2.79 bits per heavy atom. The van der Waals surface area contributed by atoms with Crippen molar-refractivity contribution in [2.75, 3.05) is 20.3 Å². The zero-order chi connectivity index (χ0) is 13.5. The van der Waals surface area contributed by atoms with E-state index < -0.39 is 23.3 Å². The Bertz CT molecular complexity index is 436. The maximum absolute atomic E-state index is 12.1. The lowest BCUT2D eigenvalue weighted by Gasteiger charge is -2.46. The predicted octanol–water partition coefficient (Wildman–Crippen LogP) is 0.554. The number of carbonyl (C=O) groups excluding carboxylic acids is 2. The second kappa shape index (κ2) is 4.31. The quantitative estimate of drug-likeness (QED) is 0.647. The van der Waals surface area contributed by atoms with Crippen LogP contribution in [0.1, 0.15) is 19.3 Å². The summed E-state index contributed by atoms with van der Waals surface area (Å²) in [6.45, 7) is 1.06. The van der Waals surface area contributed by atoms with E-state index in [0.29, 0.717) is 32.5 Å². The van der Waals surface area contributed by atoms with E-state index in [-0.39, 0.29) is 5.97 Å². The Labute approximate surface area is 110 Å². The van der Waals surface area contributed by atoms with E-state index in [1.165, 1.54) is 13.2 Å². The van der Waals surface area contributed by atoms with Crippen LogP contribution in [-0.2, 0) is 28.5 Å². The lowest BCUT2D eigenvalue weighted by Crippen LogP contribution is -2.55. The van der Waals surface area contributed by atoms with Gasteiger partial charge in [0, 0.05) is 18.9 Å². The Balaban J connectivity index is 1.91. The number of hydrogen-bond acceptors (Lipinski definition) is 6. The van der Waals surface area contributed by atoms with Gasteiger partial charge >= 0.3 is 11.9 Å². The molecule has 3 aliphatic rings. The number of carbonyl (C=O) groups is 2. The smallest absolute Gasteiger partial charge is 0.330 e. The molecule has 1 saturated carbocycles. The molecule has 2 heterocycles. The highest BCUT2D eigenvalue weighted by atomic mass is 16.7. The van der Waals surface area contributed by atoms with Gasteiger partial charge in [-0.2, -0.15) is 0 Å². The molecular formula is C13H16O6. The van der Waals surface area contributed by atoms with Gasteiger partial charge in [-0.3, -0.25) is 4.79 Å². The molecule has 3 rings (SSSR count). The molecule has 2 fully saturated rings. The first-order chi connectivity index (χ1) is 9.10. The van der Waals surface area contributed by atoms with Gasteiger partial charge in [-0.05, 0) is 6.42 Å². The molecule has 0 aromatic heterocycles. The third-order valence-electron chi connectivity index (χ3n) is 4.14. The molecule has 1 aliphatic carbocycles. The van der Waals surface area contributed by atoms with Gasteiger partial charge in [-0.25, -0.2) is 4.79 Å². The van der Waals surface area contributed by atoms with Gasteiger partial charge in [0.2, 0.25) is 0 Å². The van der Waals surface area contributed by atoms with Crippen LogP contribution in [-0.4, -0.2) is 44.2 Å². The number of esters is 2. The van der Waals surface area contributed by atoms with E-state index in [1.807, 2.05) is 0 Å². The normalized spacial score (nSPS) is 35.8. The van der Waals surface area contributed by atoms with Crippen LogP contribution in [0.15, 0.2) is 12.2 Å². The van der Waals surface area contributed by atoms with Crippen molar-refractivity contribution in [1.82, 2.24) is 0 Å². The van der Waals surface area contributed by atoms with E-state index in [2.05, 4.69) is 0 Å². The van der Waals surface area contributed by atoms with Gasteiger partial charge in [0.25, 0.3) is 0 Å². The highest BCUT2D eigenvalue weighted by Gasteiger charge is 2.58. The minimum absolute atomic E-state index is 0.359. The molecule has 1 spiro atoms. The summed E-state index contributed by atoms with van der Waals surface area (Å²) in [5, 5.41) is 0. The molecule has 0 aromatic rings. The summed E-state index contributed by atoms with van der Waals surface area (Å²) >= 11 is 0. The van der Waals surface area contributed by atoms with Crippen molar-refractivity contribution in [3.05, 3.63) is 12.2 Å². The van der Waals surface area contributed by atoms with Crippen LogP contribution in [0.5, 0.6) is 0 Å². The maximum Gasteiger partial charge on any atom is 0.330 e. The summed E-state index contributed by atoms with van der Waals surface area (Å²) in [6, 6.07) is 0. The topological polar surface area (TPSA) is 71.1 Å². The van der Waals surface area contributed by atoms with E-state index >= 15 is 0 Å². The first kappa shape index (κ1) is 12.6. The van der Waals surface area contributed by atoms with Crippen molar-refractivity contribution >= 4 is 11.9 Å². The largest absolute Gasteiger partial charge is 0.468 e. The minimum atomic E-state index is -0.900. The van der Waals surface area contributed by atoms with Gasteiger partial charge in [-0.15, -0.1) is 0 Å². The maximum atomic E-state index is 12.1. The molecule has 6 heteroatoms. The predicted molar refractivity (Wildman–Crippen MR) is 62.0 cm³/mol. The van der Waals surface area contributed by atoms with Crippen molar-refractivity contribution in [3.8, 4) is 0 Å². The fraction of sp³-hybridized carbons (Fsp3) is 0.692. The Morgan fingerprint density at radius 2 is 2.11 bits per heavy atom. The second-order valence-corrected chi connectivity index (χ2v) is 5.10. The zero-order valence-corrected chi connectivity index (χ0v) is 10.7. The van der Waals surface area contributed by atoms with Crippen molar-refractivity contribution < 1.29 is 28.5 Å². The summed E-state index contributed by atoms with van der Waals surface area (Å²) in [6.07, 6.45) is 3.73. The van der Waals surface area contributed by atoms with Gasteiger partial charge in [0.1, 0.15) is 11.5 Å². The van der Waals surface area contributed by atoms with Gasteiger partial charge < -0.3 is 18.9 Å². The molecule has 0 radical (unpaired) electrons. The third kappa shape index (κ3) is 1.86. The molecule has 0 unspecified atom stereocenters. The van der Waals surface area contributed by atoms with Crippen LogP contribution in [0.2, 0.25) is 0 Å². The summed E-state index contributed by atoms with van der Waals surface area (Å²) < 4.78 is 21.5. The Hall–Kier alpha value is -1.40. The monoisotopic (exact) mass is 268 g/mol. The third-order valence-corrected chi connectivity index (χ3v) is 4.14. The summed E-state index contributed by atoms with van der Waals surface area (Å²) in [5.41, 5.74) is -0.900. The number of hydrogen-bond donors (Lipinski definition) is 0. The molecule has 0 amide bonds. The average Bonchev–Trinajstić information content (AvgIpc) is 2.86. The number of rotatable bonds is 1. The second-order valence-electron chi connectivity index (χ2n) is 5.10. The van der Waals surface area contributed by atoms with Crippen molar-refractivity contribution in [2.24, 2.45) is 5.41 Å². The van der Waals surface area contributed by atoms with Crippen molar-refractivity contribution in [3.63, 3.8) is 0 Å². The number of fused-ring (bicyclic) bond motifs is 1.